The highest BCUT2D eigenvalue weighted by Crippen LogP contribution is 2.61. The molecule has 4 bridgehead atoms. The summed E-state index contributed by atoms with van der Waals surface area (Å²) in [5.41, 5.74) is 2.08. The van der Waals surface area contributed by atoms with E-state index >= 15 is 0 Å². The molecule has 0 saturated heterocycles. The summed E-state index contributed by atoms with van der Waals surface area (Å²) in [5, 5.41) is 11.2. The molecule has 184 valence electrons. The maximum atomic E-state index is 13.1. The Kier molecular flexibility index (Phi) is 7.38. The minimum Gasteiger partial charge on any atom is -0.369 e. The maximum absolute atomic E-state index is 13.1. The Morgan fingerprint density at radius 1 is 0.941 bits per heavy atom. The zero-order valence-corrected chi connectivity index (χ0v) is 20.9. The summed E-state index contributed by atoms with van der Waals surface area (Å²) in [6.07, 6.45) is 13.9. The first-order chi connectivity index (χ1) is 16.6. The number of hydrogen-bond acceptors (Lipinski definition) is 4. The molecule has 0 atom stereocenters. The number of carbonyl (C=O) groups is 1. The lowest BCUT2D eigenvalue weighted by molar-refractivity contribution is -0.124. The fraction of sp³-hybridized carbons (Fsp3) is 0.655. The van der Waals surface area contributed by atoms with Crippen LogP contribution in [0.15, 0.2) is 30.3 Å². The molecule has 1 heterocycles. The van der Waals surface area contributed by atoms with Gasteiger partial charge in [0.1, 0.15) is 5.82 Å². The van der Waals surface area contributed by atoms with E-state index in [9.17, 15) is 4.79 Å². The molecule has 1 aromatic carbocycles. The fourth-order valence-corrected chi connectivity index (χ4v) is 7.48. The van der Waals surface area contributed by atoms with E-state index in [-0.39, 0.29) is 11.3 Å². The minimum absolute atomic E-state index is 0.182. The summed E-state index contributed by atoms with van der Waals surface area (Å²) in [7, 11) is 0. The molecular formula is C29H42N4O. The normalized spacial score (nSPS) is 27.3. The van der Waals surface area contributed by atoms with Gasteiger partial charge < -0.3 is 16.0 Å². The molecule has 1 amide bonds. The molecule has 5 nitrogen and oxygen atoms in total. The molecule has 4 saturated carbocycles. The van der Waals surface area contributed by atoms with Gasteiger partial charge in [0.2, 0.25) is 5.91 Å². The van der Waals surface area contributed by atoms with E-state index in [0.717, 1.165) is 59.8 Å². The minimum atomic E-state index is 0.182. The first kappa shape index (κ1) is 23.6. The van der Waals surface area contributed by atoms with Crippen molar-refractivity contribution >= 4 is 28.3 Å². The number of hydrogen-bond donors (Lipinski definition) is 3. The molecule has 0 unspecified atom stereocenters. The molecular weight excluding hydrogens is 420 g/mol. The van der Waals surface area contributed by atoms with Gasteiger partial charge >= 0.3 is 0 Å². The average Bonchev–Trinajstić information content (AvgIpc) is 2.79. The number of carbonyl (C=O) groups excluding carboxylic acids is 1. The van der Waals surface area contributed by atoms with Crippen LogP contribution in [-0.4, -0.2) is 30.5 Å². The van der Waals surface area contributed by atoms with E-state index in [1.807, 2.05) is 24.3 Å². The Hall–Kier alpha value is -2.14. The van der Waals surface area contributed by atoms with Gasteiger partial charge in [-0.2, -0.15) is 0 Å². The molecule has 4 aliphatic carbocycles. The second-order valence-electron chi connectivity index (χ2n) is 11.4. The third kappa shape index (κ3) is 5.56. The molecule has 4 aliphatic rings. The van der Waals surface area contributed by atoms with E-state index in [0.29, 0.717) is 6.42 Å². The fourth-order valence-electron chi connectivity index (χ4n) is 7.48. The van der Waals surface area contributed by atoms with Gasteiger partial charge in [0.05, 0.1) is 11.2 Å². The Bertz CT molecular complexity index is 952. The molecule has 2 aromatic rings. The van der Waals surface area contributed by atoms with Crippen LogP contribution < -0.4 is 16.0 Å². The zero-order chi connectivity index (χ0) is 23.4. The van der Waals surface area contributed by atoms with Crippen LogP contribution in [0.5, 0.6) is 0 Å². The summed E-state index contributed by atoms with van der Waals surface area (Å²) in [6, 6.07) is 10.1. The summed E-state index contributed by atoms with van der Waals surface area (Å²) in [6.45, 7) is 5.12. The second-order valence-corrected chi connectivity index (χ2v) is 11.4. The number of pyridine rings is 1. The summed E-state index contributed by atoms with van der Waals surface area (Å²) in [5.74, 6) is 3.70. The van der Waals surface area contributed by atoms with Crippen LogP contribution in [0.25, 0.3) is 10.9 Å². The lowest BCUT2D eigenvalue weighted by Gasteiger charge is -2.56. The monoisotopic (exact) mass is 462 g/mol. The quantitative estimate of drug-likeness (QED) is 0.321. The number of benzene rings is 1. The molecule has 4 fully saturated rings. The number of amides is 1. The van der Waals surface area contributed by atoms with Crippen molar-refractivity contribution in [2.24, 2.45) is 23.2 Å². The summed E-state index contributed by atoms with van der Waals surface area (Å²) < 4.78 is 0. The van der Waals surface area contributed by atoms with Crippen molar-refractivity contribution < 1.29 is 4.79 Å². The molecule has 0 radical (unpaired) electrons. The van der Waals surface area contributed by atoms with Crippen molar-refractivity contribution in [1.82, 2.24) is 10.3 Å². The third-order valence-corrected chi connectivity index (χ3v) is 8.52. The van der Waals surface area contributed by atoms with Crippen LogP contribution in [0.3, 0.4) is 0 Å². The number of rotatable bonds is 12. The van der Waals surface area contributed by atoms with Crippen LogP contribution in [0, 0.1) is 23.2 Å². The number of anilines is 2. The first-order valence-corrected chi connectivity index (χ1v) is 13.8. The highest BCUT2D eigenvalue weighted by molar-refractivity contribution is 6.01. The van der Waals surface area contributed by atoms with Gasteiger partial charge in [0, 0.05) is 24.9 Å². The Labute approximate surface area is 204 Å². The Morgan fingerprint density at radius 3 is 2.44 bits per heavy atom. The average molecular weight is 463 g/mol. The predicted octanol–water partition coefficient (Wildman–Crippen LogP) is 6.36. The van der Waals surface area contributed by atoms with Crippen LogP contribution in [0.2, 0.25) is 0 Å². The van der Waals surface area contributed by atoms with Crippen molar-refractivity contribution in [2.45, 2.75) is 77.6 Å². The van der Waals surface area contributed by atoms with Crippen LogP contribution in [-0.2, 0) is 4.79 Å². The second kappa shape index (κ2) is 10.6. The summed E-state index contributed by atoms with van der Waals surface area (Å²) in [4.78, 5) is 17.9. The Morgan fingerprint density at radius 2 is 1.71 bits per heavy atom. The van der Waals surface area contributed by atoms with Gasteiger partial charge in [-0.05, 0) is 98.9 Å². The Balaban J connectivity index is 1.14. The SMILES string of the molecule is CCCCCCNCCNc1ccc2c(NC(=O)CC34CC5CC(CC(C5)C3)C4)cccc2n1. The van der Waals surface area contributed by atoms with E-state index < -0.39 is 0 Å². The van der Waals surface area contributed by atoms with Crippen molar-refractivity contribution in [3.05, 3.63) is 30.3 Å². The van der Waals surface area contributed by atoms with Crippen LogP contribution >= 0.6 is 0 Å². The molecule has 1 aromatic heterocycles. The molecule has 0 aliphatic heterocycles. The highest BCUT2D eigenvalue weighted by atomic mass is 16.1. The van der Waals surface area contributed by atoms with Gasteiger partial charge in [0.15, 0.2) is 0 Å². The van der Waals surface area contributed by atoms with E-state index in [4.69, 9.17) is 4.98 Å². The van der Waals surface area contributed by atoms with Gasteiger partial charge in [-0.15, -0.1) is 0 Å². The van der Waals surface area contributed by atoms with Crippen LogP contribution in [0.1, 0.15) is 77.6 Å². The third-order valence-electron chi connectivity index (χ3n) is 8.52. The lowest BCUT2D eigenvalue weighted by atomic mass is 9.49. The topological polar surface area (TPSA) is 66.0 Å². The van der Waals surface area contributed by atoms with Crippen molar-refractivity contribution in [3.63, 3.8) is 0 Å². The molecule has 5 heteroatoms. The van der Waals surface area contributed by atoms with E-state index in [1.165, 1.54) is 64.2 Å². The van der Waals surface area contributed by atoms with Gasteiger partial charge in [-0.3, -0.25) is 4.79 Å². The zero-order valence-electron chi connectivity index (χ0n) is 20.9. The standard InChI is InChI=1S/C29H42N4O/c1-2-3-4-5-11-30-12-13-31-27-10-9-24-25(32-27)7-6-8-26(24)33-28(34)20-29-17-21-14-22(18-29)16-23(15-21)19-29/h6-10,21-23,30H,2-5,11-20H2,1H3,(H,31,32)(H,33,34). The summed E-state index contributed by atoms with van der Waals surface area (Å²) >= 11 is 0. The van der Waals surface area contributed by atoms with Crippen molar-refractivity contribution in [1.29, 1.82) is 0 Å². The van der Waals surface area contributed by atoms with E-state index in [2.05, 4.69) is 28.9 Å². The highest BCUT2D eigenvalue weighted by Gasteiger charge is 2.51. The number of nitrogens with zero attached hydrogens (tertiary/aromatic N) is 1. The van der Waals surface area contributed by atoms with Gasteiger partial charge in [-0.1, -0.05) is 32.3 Å². The number of nitrogens with one attached hydrogen (secondary N) is 3. The number of aromatic nitrogens is 1. The van der Waals surface area contributed by atoms with Gasteiger partial charge in [-0.25, -0.2) is 4.98 Å². The smallest absolute Gasteiger partial charge is 0.224 e. The van der Waals surface area contributed by atoms with Crippen molar-refractivity contribution in [3.8, 4) is 0 Å². The first-order valence-electron chi connectivity index (χ1n) is 13.8. The largest absolute Gasteiger partial charge is 0.369 e. The molecule has 34 heavy (non-hydrogen) atoms. The number of unbranched alkanes of at least 4 members (excludes halogenated alkanes) is 3. The number of fused-ring (bicyclic) bond motifs is 1. The molecule has 0 spiro atoms. The molecule has 3 N–H and O–H groups in total. The molecule has 6 rings (SSSR count). The lowest BCUT2D eigenvalue weighted by Crippen LogP contribution is -2.47. The van der Waals surface area contributed by atoms with Gasteiger partial charge in [0.25, 0.3) is 0 Å². The van der Waals surface area contributed by atoms with Crippen molar-refractivity contribution in [2.75, 3.05) is 30.3 Å². The predicted molar refractivity (Wildman–Crippen MR) is 141 cm³/mol. The maximum Gasteiger partial charge on any atom is 0.224 e. The van der Waals surface area contributed by atoms with Crippen LogP contribution in [0.4, 0.5) is 11.5 Å². The van der Waals surface area contributed by atoms with E-state index in [1.54, 1.807) is 0 Å².